The predicted molar refractivity (Wildman–Crippen MR) is 287 cm³/mol. The van der Waals surface area contributed by atoms with Crippen molar-refractivity contribution in [1.82, 2.24) is 4.57 Å². The van der Waals surface area contributed by atoms with Gasteiger partial charge < -0.3 is 14.4 Å². The van der Waals surface area contributed by atoms with E-state index in [1.807, 2.05) is 0 Å². The van der Waals surface area contributed by atoms with Crippen molar-refractivity contribution in [3.8, 4) is 5.69 Å². The second-order valence-corrected chi connectivity index (χ2v) is 18.3. The molecular weight excluding hydrogens is 811 g/mol. The third kappa shape index (κ3) is 5.71. The molecule has 0 bridgehead atoms. The topological polar surface area (TPSA) is 11.4 Å². The van der Waals surface area contributed by atoms with Gasteiger partial charge in [-0.15, -0.1) is 0 Å². The molecule has 0 aliphatic heterocycles. The predicted octanol–water partition coefficient (Wildman–Crippen LogP) is 18.1. The molecule has 1 heterocycles. The average molecular weight is 854 g/mol. The van der Waals surface area contributed by atoms with E-state index in [-0.39, 0.29) is 0 Å². The Kier molecular flexibility index (Phi) is 8.11. The number of rotatable bonds is 7. The number of para-hydroxylation sites is 1. The Morgan fingerprint density at radius 2 is 0.657 bits per heavy atom. The van der Waals surface area contributed by atoms with E-state index < -0.39 is 0 Å². The Bertz CT molecular complexity index is 3940. The first kappa shape index (κ1) is 37.7. The summed E-state index contributed by atoms with van der Waals surface area (Å²) in [7, 11) is 0. The molecule has 0 unspecified atom stereocenters. The molecule has 0 fully saturated rings. The smallest absolute Gasteiger partial charge is 0.0542 e. The van der Waals surface area contributed by atoms with Crippen LogP contribution in [0.3, 0.4) is 0 Å². The molecule has 0 aliphatic carbocycles. The Balaban J connectivity index is 1.03. The average Bonchev–Trinajstić information content (AvgIpc) is 3.70. The lowest BCUT2D eigenvalue weighted by molar-refractivity contribution is 1.18. The van der Waals surface area contributed by atoms with E-state index in [2.05, 4.69) is 253 Å². The number of hydrogen-bond donors (Lipinski definition) is 0. The lowest BCUT2D eigenvalue weighted by atomic mass is 9.93. The Hall–Kier alpha value is -8.66. The highest BCUT2D eigenvalue weighted by Crippen LogP contribution is 2.48. The molecule has 0 aliphatic rings. The van der Waals surface area contributed by atoms with Crippen LogP contribution < -0.4 is 9.80 Å². The van der Waals surface area contributed by atoms with Gasteiger partial charge in [0.1, 0.15) is 0 Å². The maximum atomic E-state index is 2.46. The minimum absolute atomic E-state index is 1.10. The van der Waals surface area contributed by atoms with Crippen molar-refractivity contribution in [3.63, 3.8) is 0 Å². The van der Waals surface area contributed by atoms with Crippen LogP contribution in [-0.4, -0.2) is 4.57 Å². The molecule has 13 aromatic carbocycles. The number of benzene rings is 13. The van der Waals surface area contributed by atoms with Crippen LogP contribution in [-0.2, 0) is 0 Å². The lowest BCUT2D eigenvalue weighted by Gasteiger charge is -2.28. The minimum Gasteiger partial charge on any atom is -0.310 e. The third-order valence-corrected chi connectivity index (χ3v) is 14.3. The highest BCUT2D eigenvalue weighted by Gasteiger charge is 2.23. The first-order valence-corrected chi connectivity index (χ1v) is 23.2. The van der Waals surface area contributed by atoms with E-state index in [0.717, 1.165) is 50.8 Å². The van der Waals surface area contributed by atoms with Gasteiger partial charge in [0.25, 0.3) is 0 Å². The molecule has 14 aromatic rings. The molecule has 3 nitrogen and oxygen atoms in total. The zero-order valence-electron chi connectivity index (χ0n) is 37.2. The molecule has 67 heavy (non-hydrogen) atoms. The van der Waals surface area contributed by atoms with Crippen LogP contribution >= 0.6 is 0 Å². The van der Waals surface area contributed by atoms with Gasteiger partial charge in [0, 0.05) is 50.0 Å². The maximum Gasteiger partial charge on any atom is 0.0542 e. The second kappa shape index (κ2) is 14.4. The van der Waals surface area contributed by atoms with Crippen molar-refractivity contribution in [3.05, 3.63) is 236 Å². The summed E-state index contributed by atoms with van der Waals surface area (Å²) < 4.78 is 2.43. The number of fused-ring (bicyclic) bond motifs is 3. The molecule has 3 heteroatoms. The molecule has 0 amide bonds. The summed E-state index contributed by atoms with van der Waals surface area (Å²) in [6, 6.07) is 83.7. The SMILES string of the molecule is Cc1ccc(N(c2ccc3c(c2)c2cc(N(c4ccc(C)cc4)c4ccc5ccc6cccc7ccc4c5c67)ccc2n3-c2ccccc2)c2ccc3ccc4cccc5ccc2c3c45)cc1. The highest BCUT2D eigenvalue weighted by molar-refractivity contribution is 6.27. The number of nitrogens with zero attached hydrogens (tertiary/aromatic N) is 3. The van der Waals surface area contributed by atoms with Crippen LogP contribution in [0.25, 0.3) is 92.1 Å². The first-order chi connectivity index (χ1) is 33.0. The van der Waals surface area contributed by atoms with Crippen LogP contribution in [0, 0.1) is 13.8 Å². The zero-order valence-corrected chi connectivity index (χ0v) is 37.2. The van der Waals surface area contributed by atoms with Crippen molar-refractivity contribution in [2.24, 2.45) is 0 Å². The Labute approximate surface area is 388 Å². The number of anilines is 6. The van der Waals surface area contributed by atoms with E-state index >= 15 is 0 Å². The highest BCUT2D eigenvalue weighted by atomic mass is 15.2. The molecule has 1 aromatic heterocycles. The van der Waals surface area contributed by atoms with E-state index in [1.165, 1.54) is 86.5 Å². The van der Waals surface area contributed by atoms with Gasteiger partial charge >= 0.3 is 0 Å². The van der Waals surface area contributed by atoms with Gasteiger partial charge in [0.15, 0.2) is 0 Å². The zero-order chi connectivity index (χ0) is 44.3. The molecule has 0 atom stereocenters. The summed E-state index contributed by atoms with van der Waals surface area (Å²) >= 11 is 0. The summed E-state index contributed by atoms with van der Waals surface area (Å²) in [6.07, 6.45) is 0. The summed E-state index contributed by atoms with van der Waals surface area (Å²) in [5.41, 5.74) is 12.7. The van der Waals surface area contributed by atoms with E-state index in [1.54, 1.807) is 0 Å². The number of hydrogen-bond acceptors (Lipinski definition) is 2. The number of aromatic nitrogens is 1. The van der Waals surface area contributed by atoms with Gasteiger partial charge in [0.05, 0.1) is 22.4 Å². The minimum atomic E-state index is 1.10. The van der Waals surface area contributed by atoms with Gasteiger partial charge in [0.2, 0.25) is 0 Å². The third-order valence-electron chi connectivity index (χ3n) is 14.3. The van der Waals surface area contributed by atoms with Crippen molar-refractivity contribution in [2.45, 2.75) is 13.8 Å². The van der Waals surface area contributed by atoms with Crippen LogP contribution in [0.15, 0.2) is 224 Å². The number of aryl methyl sites for hydroxylation is 2. The summed E-state index contributed by atoms with van der Waals surface area (Å²) in [6.45, 7) is 4.32. The quantitative estimate of drug-likeness (QED) is 0.148. The molecule has 314 valence electrons. The molecule has 0 spiro atoms. The molecule has 14 rings (SSSR count). The first-order valence-electron chi connectivity index (χ1n) is 23.2. The van der Waals surface area contributed by atoms with Crippen LogP contribution in [0.1, 0.15) is 11.1 Å². The molecule has 0 N–H and O–H groups in total. The largest absolute Gasteiger partial charge is 0.310 e. The van der Waals surface area contributed by atoms with Crippen LogP contribution in [0.4, 0.5) is 34.1 Å². The molecule has 0 saturated carbocycles. The normalized spacial score (nSPS) is 12.0. The molecular formula is C64H43N3. The monoisotopic (exact) mass is 853 g/mol. The van der Waals surface area contributed by atoms with Crippen molar-refractivity contribution in [1.29, 1.82) is 0 Å². The van der Waals surface area contributed by atoms with Gasteiger partial charge in [-0.3, -0.25) is 0 Å². The Morgan fingerprint density at radius 3 is 1.09 bits per heavy atom. The standard InChI is InChI=1S/C64H43N3/c1-40-14-26-49(27-15-40)65(57-34-24-46-20-18-42-8-6-10-44-22-32-53(57)63(46)61(42)44)51-30-36-59-55(38-51)56-39-52(31-37-60(56)67(59)48-12-4-3-5-13-48)66(50-28-16-41(2)17-29-50)58-35-25-47-21-19-43-9-7-11-45-23-33-54(58)64(47)62(43)45/h3-39H,1-2H3. The fourth-order valence-corrected chi connectivity index (χ4v) is 11.2. The molecule has 0 radical (unpaired) electrons. The summed E-state index contributed by atoms with van der Waals surface area (Å²) in [4.78, 5) is 4.92. The maximum absolute atomic E-state index is 2.46. The van der Waals surface area contributed by atoms with E-state index in [0.29, 0.717) is 0 Å². The fourth-order valence-electron chi connectivity index (χ4n) is 11.2. The summed E-state index contributed by atoms with van der Waals surface area (Å²) in [5.74, 6) is 0. The van der Waals surface area contributed by atoms with Crippen LogP contribution in [0.5, 0.6) is 0 Å². The molecule has 0 saturated heterocycles. The Morgan fingerprint density at radius 1 is 0.284 bits per heavy atom. The van der Waals surface area contributed by atoms with Gasteiger partial charge in [-0.1, -0.05) is 151 Å². The van der Waals surface area contributed by atoms with Gasteiger partial charge in [-0.05, 0) is 153 Å². The lowest BCUT2D eigenvalue weighted by Crippen LogP contribution is -2.11. The van der Waals surface area contributed by atoms with Gasteiger partial charge in [-0.25, -0.2) is 0 Å². The van der Waals surface area contributed by atoms with Crippen molar-refractivity contribution < 1.29 is 0 Å². The second-order valence-electron chi connectivity index (χ2n) is 18.3. The van der Waals surface area contributed by atoms with Crippen molar-refractivity contribution in [2.75, 3.05) is 9.80 Å². The van der Waals surface area contributed by atoms with Crippen molar-refractivity contribution >= 4 is 121 Å². The summed E-state index contributed by atoms with van der Waals surface area (Å²) in [5, 5.41) is 17.7. The van der Waals surface area contributed by atoms with E-state index in [4.69, 9.17) is 0 Å². The van der Waals surface area contributed by atoms with Crippen LogP contribution in [0.2, 0.25) is 0 Å². The fraction of sp³-hybridized carbons (Fsp3) is 0.0312. The van der Waals surface area contributed by atoms with Gasteiger partial charge in [-0.2, -0.15) is 0 Å². The van der Waals surface area contributed by atoms with E-state index in [9.17, 15) is 0 Å².